The first-order valence-corrected chi connectivity index (χ1v) is 13.5. The van der Waals surface area contributed by atoms with Gasteiger partial charge in [-0.1, -0.05) is 6.08 Å². The first-order valence-electron chi connectivity index (χ1n) is 13.5. The molecule has 0 unspecified atom stereocenters. The molecule has 1 aromatic heterocycles. The lowest BCUT2D eigenvalue weighted by Crippen LogP contribution is -2.58. The van der Waals surface area contributed by atoms with E-state index in [0.29, 0.717) is 6.08 Å². The van der Waals surface area contributed by atoms with Crippen LogP contribution in [0.1, 0.15) is 52.3 Å². The molecule has 2 aromatic carbocycles. The number of aromatic nitrogens is 2. The molecular formula is C30H29F6N3O6. The number of alkyl halides is 5. The largest absolute Gasteiger partial charge is 0.460 e. The van der Waals surface area contributed by atoms with Crippen molar-refractivity contribution >= 4 is 17.7 Å². The third-order valence-electron chi connectivity index (χ3n) is 6.47. The molecule has 1 fully saturated rings. The zero-order valence-corrected chi connectivity index (χ0v) is 24.7. The SMILES string of the molecule is CC(C)(C)OC(=O)C[C@@H]1OC(C)(C)O[C@H](/C=C/c2c(C(F)(F)F)nn(-c3ccc([N+](=O)[O-])cc3)c2-c2ccc(F)cc2)C1(F)F. The molecule has 0 spiro atoms. The van der Waals surface area contributed by atoms with Gasteiger partial charge in [-0.15, -0.1) is 0 Å². The van der Waals surface area contributed by atoms with Crippen LogP contribution in [0.2, 0.25) is 0 Å². The predicted octanol–water partition coefficient (Wildman–Crippen LogP) is 7.51. The van der Waals surface area contributed by atoms with Crippen molar-refractivity contribution in [1.82, 2.24) is 9.78 Å². The van der Waals surface area contributed by atoms with Crippen LogP contribution in [0.4, 0.5) is 32.0 Å². The lowest BCUT2D eigenvalue weighted by molar-refractivity contribution is -0.384. The van der Waals surface area contributed by atoms with E-state index in [1.54, 1.807) is 20.8 Å². The molecule has 0 radical (unpaired) electrons. The van der Waals surface area contributed by atoms with Gasteiger partial charge >= 0.3 is 18.1 Å². The molecule has 15 heteroatoms. The average molecular weight is 642 g/mol. The fraction of sp³-hybridized carbons (Fsp3) is 0.400. The number of hydrogen-bond donors (Lipinski definition) is 0. The quantitative estimate of drug-likeness (QED) is 0.114. The third kappa shape index (κ3) is 7.71. The lowest BCUT2D eigenvalue weighted by Gasteiger charge is -2.44. The molecule has 1 aliphatic heterocycles. The minimum Gasteiger partial charge on any atom is -0.460 e. The summed E-state index contributed by atoms with van der Waals surface area (Å²) in [6.07, 6.45) is -8.70. The summed E-state index contributed by atoms with van der Waals surface area (Å²) in [6.45, 7) is 7.28. The van der Waals surface area contributed by atoms with Gasteiger partial charge < -0.3 is 14.2 Å². The Morgan fingerprint density at radius 3 is 2.20 bits per heavy atom. The first-order chi connectivity index (χ1) is 20.7. The number of esters is 1. The topological polar surface area (TPSA) is 106 Å². The van der Waals surface area contributed by atoms with Crippen LogP contribution >= 0.6 is 0 Å². The maximum Gasteiger partial charge on any atom is 0.435 e. The predicted molar refractivity (Wildman–Crippen MR) is 149 cm³/mol. The zero-order valence-electron chi connectivity index (χ0n) is 24.7. The van der Waals surface area contributed by atoms with Crippen molar-refractivity contribution in [1.29, 1.82) is 0 Å². The monoisotopic (exact) mass is 641 g/mol. The van der Waals surface area contributed by atoms with Gasteiger partial charge in [-0.3, -0.25) is 14.9 Å². The molecule has 0 bridgehead atoms. The first kappa shape index (κ1) is 33.6. The Morgan fingerprint density at radius 2 is 1.67 bits per heavy atom. The summed E-state index contributed by atoms with van der Waals surface area (Å²) < 4.78 is 105. The van der Waals surface area contributed by atoms with Gasteiger partial charge in [0.25, 0.3) is 5.69 Å². The van der Waals surface area contributed by atoms with Crippen molar-refractivity contribution in [3.63, 3.8) is 0 Å². The molecule has 1 saturated heterocycles. The number of nitro benzene ring substituents is 1. The van der Waals surface area contributed by atoms with E-state index in [1.165, 1.54) is 26.0 Å². The lowest BCUT2D eigenvalue weighted by atomic mass is 9.98. The van der Waals surface area contributed by atoms with E-state index in [0.717, 1.165) is 47.2 Å². The maximum atomic E-state index is 15.7. The van der Waals surface area contributed by atoms with Crippen LogP contribution < -0.4 is 0 Å². The molecule has 242 valence electrons. The molecule has 3 aromatic rings. The standard InChI is InChI=1S/C30H29F6N3O6/c1-27(2,3)45-24(40)16-23-29(32,33)22(43-28(4,5)44-23)15-14-21-25(17-6-8-18(31)9-7-17)38(37-26(21)30(34,35)36)19-10-12-20(13-11-19)39(41)42/h6-15,22-23H,16H2,1-5H3/b15-14+/t22-,23+/m1/s1. The van der Waals surface area contributed by atoms with Crippen molar-refractivity contribution in [2.45, 2.75) is 76.7 Å². The Morgan fingerprint density at radius 1 is 1.07 bits per heavy atom. The number of hydrogen-bond acceptors (Lipinski definition) is 7. The van der Waals surface area contributed by atoms with E-state index in [4.69, 9.17) is 14.2 Å². The Hall–Kier alpha value is -4.24. The molecule has 9 nitrogen and oxygen atoms in total. The second-order valence-corrected chi connectivity index (χ2v) is 11.7. The van der Waals surface area contributed by atoms with Gasteiger partial charge in [-0.25, -0.2) is 17.9 Å². The number of benzene rings is 2. The number of carbonyl (C=O) groups excluding carboxylic acids is 1. The highest BCUT2D eigenvalue weighted by molar-refractivity contribution is 5.76. The molecule has 0 amide bonds. The normalized spacial score (nSPS) is 19.9. The third-order valence-corrected chi connectivity index (χ3v) is 6.47. The van der Waals surface area contributed by atoms with Gasteiger partial charge in [0.1, 0.15) is 23.6 Å². The van der Waals surface area contributed by atoms with E-state index in [1.807, 2.05) is 0 Å². The van der Waals surface area contributed by atoms with Crippen LogP contribution in [0.25, 0.3) is 23.0 Å². The van der Waals surface area contributed by atoms with Gasteiger partial charge in [-0.05, 0) is 77.1 Å². The molecule has 1 aliphatic rings. The van der Waals surface area contributed by atoms with E-state index >= 15 is 8.78 Å². The second-order valence-electron chi connectivity index (χ2n) is 11.7. The molecule has 4 rings (SSSR count). The van der Waals surface area contributed by atoms with Crippen LogP contribution in [-0.4, -0.2) is 50.2 Å². The molecular weight excluding hydrogens is 612 g/mol. The molecule has 0 aliphatic carbocycles. The highest BCUT2D eigenvalue weighted by Crippen LogP contribution is 2.43. The summed E-state index contributed by atoms with van der Waals surface area (Å²) >= 11 is 0. The van der Waals surface area contributed by atoms with E-state index < -0.39 is 70.1 Å². The van der Waals surface area contributed by atoms with Crippen molar-refractivity contribution in [2.75, 3.05) is 0 Å². The Bertz CT molecular complexity index is 1590. The van der Waals surface area contributed by atoms with Crippen LogP contribution in [0.15, 0.2) is 54.6 Å². The van der Waals surface area contributed by atoms with Gasteiger partial charge in [0.05, 0.1) is 22.7 Å². The molecule has 2 heterocycles. The summed E-state index contributed by atoms with van der Waals surface area (Å²) in [5.74, 6) is -7.26. The van der Waals surface area contributed by atoms with Crippen LogP contribution in [0.5, 0.6) is 0 Å². The van der Waals surface area contributed by atoms with Crippen LogP contribution in [0.3, 0.4) is 0 Å². The zero-order chi connectivity index (χ0) is 33.5. The number of non-ortho nitro benzene ring substituents is 1. The molecule has 0 N–H and O–H groups in total. The Labute approximate surface area is 253 Å². The van der Waals surface area contributed by atoms with E-state index in [9.17, 15) is 32.5 Å². The molecule has 45 heavy (non-hydrogen) atoms. The second kappa shape index (κ2) is 11.9. The summed E-state index contributed by atoms with van der Waals surface area (Å²) in [5.41, 5.74) is -3.73. The Kier molecular flexibility index (Phi) is 8.92. The molecule has 2 atom stereocenters. The average Bonchev–Trinajstić information content (AvgIpc) is 3.29. The minimum atomic E-state index is -5.10. The fourth-order valence-electron chi connectivity index (χ4n) is 4.67. The number of nitrogens with zero attached hydrogens (tertiary/aromatic N) is 3. The van der Waals surface area contributed by atoms with Gasteiger partial charge in [0.2, 0.25) is 0 Å². The van der Waals surface area contributed by atoms with Crippen molar-refractivity contribution in [2.24, 2.45) is 0 Å². The molecule has 0 saturated carbocycles. The summed E-state index contributed by atoms with van der Waals surface area (Å²) in [7, 11) is 0. The fourth-order valence-corrected chi connectivity index (χ4v) is 4.67. The van der Waals surface area contributed by atoms with Crippen molar-refractivity contribution in [3.8, 4) is 16.9 Å². The van der Waals surface area contributed by atoms with Gasteiger partial charge in [0.15, 0.2) is 11.5 Å². The maximum absolute atomic E-state index is 15.7. The number of carbonyl (C=O) groups is 1. The number of ether oxygens (including phenoxy) is 3. The smallest absolute Gasteiger partial charge is 0.435 e. The van der Waals surface area contributed by atoms with Crippen LogP contribution in [-0.2, 0) is 25.2 Å². The highest BCUT2D eigenvalue weighted by Gasteiger charge is 2.56. The van der Waals surface area contributed by atoms with Crippen molar-refractivity contribution in [3.05, 3.63) is 81.8 Å². The summed E-state index contributed by atoms with van der Waals surface area (Å²) in [5, 5.41) is 14.8. The highest BCUT2D eigenvalue weighted by atomic mass is 19.4. The summed E-state index contributed by atoms with van der Waals surface area (Å²) in [6, 6.07) is 8.74. The van der Waals surface area contributed by atoms with Crippen molar-refractivity contribution < 1.29 is 50.3 Å². The number of nitro groups is 1. The van der Waals surface area contributed by atoms with E-state index in [2.05, 4.69) is 5.10 Å². The minimum absolute atomic E-state index is 0.0280. The summed E-state index contributed by atoms with van der Waals surface area (Å²) in [4.78, 5) is 22.8. The Balaban J connectivity index is 1.85. The number of rotatable bonds is 7. The van der Waals surface area contributed by atoms with Gasteiger partial charge in [-0.2, -0.15) is 18.3 Å². The van der Waals surface area contributed by atoms with E-state index in [-0.39, 0.29) is 22.6 Å². The van der Waals surface area contributed by atoms with Crippen LogP contribution in [0, 0.1) is 15.9 Å². The number of halogens is 6. The van der Waals surface area contributed by atoms with Gasteiger partial charge in [0, 0.05) is 23.3 Å².